The minimum atomic E-state index is -1.44. The maximum absolute atomic E-state index is 14.0. The molecular weight excluding hydrogens is 885 g/mol. The molecule has 0 saturated carbocycles. The molecule has 0 aliphatic carbocycles. The first-order valence-corrected chi connectivity index (χ1v) is 23.4. The van der Waals surface area contributed by atoms with E-state index in [-0.39, 0.29) is 59.9 Å². The number of benzene rings is 3. The molecular formula is C52H58N6O11. The van der Waals surface area contributed by atoms with Gasteiger partial charge in [0.25, 0.3) is 23.6 Å². The molecule has 0 unspecified atom stereocenters. The van der Waals surface area contributed by atoms with Gasteiger partial charge in [-0.25, -0.2) is 9.69 Å². The number of aliphatic imine (C=N–C) groups is 1. The summed E-state index contributed by atoms with van der Waals surface area (Å²) in [7, 11) is 1.54. The average molecular weight is 943 g/mol. The Bertz CT molecular complexity index is 2620. The van der Waals surface area contributed by atoms with Crippen molar-refractivity contribution < 1.29 is 52.8 Å². The lowest BCUT2D eigenvalue weighted by Gasteiger charge is -2.31. The molecule has 0 fully saturated rings. The van der Waals surface area contributed by atoms with Crippen LogP contribution in [-0.4, -0.2) is 126 Å². The van der Waals surface area contributed by atoms with Crippen LogP contribution in [0.15, 0.2) is 89.0 Å². The summed E-state index contributed by atoms with van der Waals surface area (Å²) in [6.07, 6.45) is 10.3. The summed E-state index contributed by atoms with van der Waals surface area (Å²) in [6, 6.07) is 12.9. The maximum Gasteiger partial charge on any atom is 0.416 e. The van der Waals surface area contributed by atoms with Gasteiger partial charge in [0.1, 0.15) is 12.4 Å². The van der Waals surface area contributed by atoms with Crippen molar-refractivity contribution in [3.8, 4) is 17.2 Å². The van der Waals surface area contributed by atoms with E-state index in [9.17, 15) is 33.9 Å². The number of aliphatic hydroxyl groups is 1. The lowest BCUT2D eigenvalue weighted by molar-refractivity contribution is -0.136. The van der Waals surface area contributed by atoms with Crippen molar-refractivity contribution in [3.05, 3.63) is 106 Å². The second-order valence-corrected chi connectivity index (χ2v) is 18.0. The van der Waals surface area contributed by atoms with Crippen LogP contribution in [0, 0.1) is 6.92 Å². The van der Waals surface area contributed by atoms with E-state index in [0.717, 1.165) is 22.5 Å². The van der Waals surface area contributed by atoms with Gasteiger partial charge in [-0.2, -0.15) is 0 Å². The average Bonchev–Trinajstić information content (AvgIpc) is 3.99. The topological polar surface area (TPSA) is 197 Å². The summed E-state index contributed by atoms with van der Waals surface area (Å²) < 4.78 is 23.7. The van der Waals surface area contributed by atoms with Gasteiger partial charge in [-0.3, -0.25) is 33.9 Å². The summed E-state index contributed by atoms with van der Waals surface area (Å²) in [4.78, 5) is 87.5. The van der Waals surface area contributed by atoms with E-state index in [0.29, 0.717) is 117 Å². The predicted molar refractivity (Wildman–Crippen MR) is 257 cm³/mol. The van der Waals surface area contributed by atoms with Gasteiger partial charge in [-0.15, -0.1) is 0 Å². The molecule has 5 aliphatic heterocycles. The predicted octanol–water partition coefficient (Wildman–Crippen LogP) is 6.83. The largest absolute Gasteiger partial charge is 0.493 e. The molecule has 0 radical (unpaired) electrons. The number of carbonyl (C=O) groups is 6. The van der Waals surface area contributed by atoms with Gasteiger partial charge in [0.2, 0.25) is 0 Å². The second-order valence-electron chi connectivity index (χ2n) is 18.0. The first kappa shape index (κ1) is 48.2. The molecule has 17 nitrogen and oxygen atoms in total. The van der Waals surface area contributed by atoms with Crippen molar-refractivity contribution in [2.45, 2.75) is 90.6 Å². The quantitative estimate of drug-likeness (QED) is 0.0682. The number of anilines is 2. The molecule has 5 aliphatic rings. The fraction of sp³-hybridized carbons (Fsp3) is 0.404. The van der Waals surface area contributed by atoms with Crippen molar-refractivity contribution in [1.82, 2.24) is 14.7 Å². The highest BCUT2D eigenvalue weighted by Gasteiger charge is 2.44. The zero-order valence-corrected chi connectivity index (χ0v) is 39.4. The fourth-order valence-electron chi connectivity index (χ4n) is 9.06. The first-order chi connectivity index (χ1) is 33.3. The number of imide groups is 1. The third-order valence-corrected chi connectivity index (χ3v) is 12.8. The number of carbonyl (C=O) groups excluding carboxylic acids is 6. The summed E-state index contributed by atoms with van der Waals surface area (Å²) in [5.74, 6) is 0.410. The summed E-state index contributed by atoms with van der Waals surface area (Å²) >= 11 is 0. The van der Waals surface area contributed by atoms with Crippen molar-refractivity contribution in [2.75, 3.05) is 56.7 Å². The molecule has 0 spiro atoms. The van der Waals surface area contributed by atoms with Gasteiger partial charge >= 0.3 is 6.09 Å². The lowest BCUT2D eigenvalue weighted by Crippen LogP contribution is -2.50. The molecule has 5 amide bonds. The second kappa shape index (κ2) is 21.4. The summed E-state index contributed by atoms with van der Waals surface area (Å²) in [5.41, 5.74) is 5.50. The Kier molecular flexibility index (Phi) is 14.9. The van der Waals surface area contributed by atoms with Gasteiger partial charge in [0.05, 0.1) is 61.5 Å². The number of rotatable bonds is 20. The van der Waals surface area contributed by atoms with Crippen LogP contribution in [0.3, 0.4) is 0 Å². The fourth-order valence-corrected chi connectivity index (χ4v) is 9.06. The van der Waals surface area contributed by atoms with E-state index < -0.39 is 18.4 Å². The van der Waals surface area contributed by atoms with Crippen LogP contribution in [-0.2, 0) is 25.7 Å². The molecule has 5 heterocycles. The van der Waals surface area contributed by atoms with Crippen LogP contribution in [0.2, 0.25) is 0 Å². The van der Waals surface area contributed by atoms with Crippen molar-refractivity contribution in [1.29, 1.82) is 0 Å². The molecule has 3 atom stereocenters. The third-order valence-electron chi connectivity index (χ3n) is 12.8. The summed E-state index contributed by atoms with van der Waals surface area (Å²) in [6.45, 7) is 7.65. The van der Waals surface area contributed by atoms with Crippen molar-refractivity contribution >= 4 is 58.8 Å². The SMILES string of the molecule is COc1cc2c(cc1OCCCCCOc1cc3c(cc1C)C(=O)N1CC(C)=C[C@H]1[C@H](O)N3C(=O)OCc1ccc(NCC(=O)CCCCCN3C(=O)C=CC3=O)cc1)N=C[C@@H]1C=C(C)CN1C2=O. The molecule has 2 N–H and O–H groups in total. The molecule has 8 rings (SSSR count). The normalized spacial score (nSPS) is 19.1. The van der Waals surface area contributed by atoms with Crippen LogP contribution >= 0.6 is 0 Å². The van der Waals surface area contributed by atoms with E-state index in [1.165, 1.54) is 17.1 Å². The highest BCUT2D eigenvalue weighted by molar-refractivity contribution is 6.13. The van der Waals surface area contributed by atoms with Crippen LogP contribution in [0.5, 0.6) is 17.2 Å². The number of methoxy groups -OCH3 is 1. The van der Waals surface area contributed by atoms with Crippen LogP contribution in [0.4, 0.5) is 21.9 Å². The minimum Gasteiger partial charge on any atom is -0.493 e. The van der Waals surface area contributed by atoms with E-state index in [4.69, 9.17) is 18.9 Å². The number of ether oxygens (including phenoxy) is 4. The Labute approximate surface area is 401 Å². The zero-order valence-electron chi connectivity index (χ0n) is 39.4. The Morgan fingerprint density at radius 1 is 0.768 bits per heavy atom. The van der Waals surface area contributed by atoms with Crippen LogP contribution in [0.25, 0.3) is 0 Å². The molecule has 362 valence electrons. The Morgan fingerprint density at radius 3 is 2.19 bits per heavy atom. The van der Waals surface area contributed by atoms with Gasteiger partial charge < -0.3 is 39.2 Å². The highest BCUT2D eigenvalue weighted by Crippen LogP contribution is 2.40. The highest BCUT2D eigenvalue weighted by atomic mass is 16.6. The van der Waals surface area contributed by atoms with Crippen molar-refractivity contribution in [3.63, 3.8) is 0 Å². The molecule has 0 aromatic heterocycles. The minimum absolute atomic E-state index is 0.0264. The first-order valence-electron chi connectivity index (χ1n) is 23.4. The maximum atomic E-state index is 14.0. The van der Waals surface area contributed by atoms with Gasteiger partial charge in [0, 0.05) is 62.2 Å². The monoisotopic (exact) mass is 942 g/mol. The lowest BCUT2D eigenvalue weighted by atomic mass is 10.1. The Morgan fingerprint density at radius 2 is 1.45 bits per heavy atom. The van der Waals surface area contributed by atoms with E-state index in [1.54, 1.807) is 77.7 Å². The molecule has 3 aromatic carbocycles. The number of fused-ring (bicyclic) bond motifs is 4. The number of unbranched alkanes of at least 4 members (excludes halogenated alkanes) is 4. The smallest absolute Gasteiger partial charge is 0.416 e. The number of aliphatic hydroxyl groups excluding tert-OH is 1. The van der Waals surface area contributed by atoms with Crippen molar-refractivity contribution in [2.24, 2.45) is 4.99 Å². The number of nitrogens with one attached hydrogen (secondary N) is 1. The molecule has 69 heavy (non-hydrogen) atoms. The number of ketones is 1. The Balaban J connectivity index is 0.831. The van der Waals surface area contributed by atoms with E-state index in [2.05, 4.69) is 10.3 Å². The number of hydrogen-bond donors (Lipinski definition) is 2. The standard InChI is InChI=1S/C52H58N6O11/c1-32-21-37-27-54-41-25-46(45(66-4)24-39(41)49(62)56(37)29-32)68-20-10-6-9-19-67-44-26-42-40(23-34(44)3)50(63)57-30-33(2)22-43(57)51(64)58(42)52(65)69-31-35-12-14-36(15-13-35)53-28-38(59)11-7-5-8-18-55-47(60)16-17-48(55)61/h12-17,21-27,37,43,51,53,64H,5-11,18-20,28-31H2,1-4H3/t37-,43-,51-/m0/s1. The van der Waals surface area contributed by atoms with Gasteiger partial charge in [-0.05, 0) is 88.3 Å². The number of hydrogen-bond acceptors (Lipinski definition) is 13. The van der Waals surface area contributed by atoms with Crippen LogP contribution in [0.1, 0.15) is 90.6 Å². The van der Waals surface area contributed by atoms with Gasteiger partial charge in [-0.1, -0.05) is 41.9 Å². The van der Waals surface area contributed by atoms with Gasteiger partial charge in [0.15, 0.2) is 23.5 Å². The molecule has 0 bridgehead atoms. The summed E-state index contributed by atoms with van der Waals surface area (Å²) in [5, 5.41) is 14.9. The molecule has 17 heteroatoms. The number of amides is 5. The van der Waals surface area contributed by atoms with Crippen LogP contribution < -0.4 is 24.4 Å². The third kappa shape index (κ3) is 10.9. The number of Topliss-reactive ketones (excluding diaryl/α,β-unsaturated/α-hetero) is 1. The number of nitrogens with zero attached hydrogens (tertiary/aromatic N) is 5. The Hall–Kier alpha value is -7.27. The van der Waals surface area contributed by atoms with E-state index >= 15 is 0 Å². The zero-order chi connectivity index (χ0) is 48.8. The molecule has 3 aromatic rings. The van der Waals surface area contributed by atoms with E-state index in [1.807, 2.05) is 26.8 Å². The molecule has 0 saturated heterocycles. The number of aryl methyl sites for hydroxylation is 1.